The smallest absolute Gasteiger partial charge is 0.340 e. The molecule has 8 nitrogen and oxygen atoms in total. The lowest BCUT2D eigenvalue weighted by atomic mass is 9.96. The van der Waals surface area contributed by atoms with Gasteiger partial charge in [0.05, 0.1) is 24.0 Å². The fourth-order valence-corrected chi connectivity index (χ4v) is 4.41. The van der Waals surface area contributed by atoms with Crippen molar-refractivity contribution in [3.05, 3.63) is 119 Å². The van der Waals surface area contributed by atoms with Crippen molar-refractivity contribution in [3.63, 3.8) is 0 Å². The lowest BCUT2D eigenvalue weighted by Crippen LogP contribution is -2.32. The number of nitrogens with zero attached hydrogens (tertiary/aromatic N) is 3. The number of nitrogen functional groups attached to an aromatic ring is 1. The van der Waals surface area contributed by atoms with Gasteiger partial charge in [0.1, 0.15) is 0 Å². The first-order chi connectivity index (χ1) is 18.1. The van der Waals surface area contributed by atoms with Crippen molar-refractivity contribution in [2.45, 2.75) is 19.3 Å². The number of ether oxygens (including phenoxy) is 1. The van der Waals surface area contributed by atoms with Gasteiger partial charge in [0, 0.05) is 18.7 Å². The minimum Gasteiger partial charge on any atom is -0.465 e. The molecule has 1 atom stereocenters. The molecule has 4 aromatic rings. The molecule has 0 spiro atoms. The van der Waals surface area contributed by atoms with Gasteiger partial charge in [-0.1, -0.05) is 90.2 Å². The highest BCUT2D eigenvalue weighted by atomic mass is 16.5. The minimum absolute atomic E-state index is 0.240. The number of esters is 1. The normalized spacial score (nSPS) is 14.8. The second-order valence-electron chi connectivity index (χ2n) is 8.70. The van der Waals surface area contributed by atoms with Gasteiger partial charge in [-0.2, -0.15) is 5.01 Å². The first kappa shape index (κ1) is 24.0. The van der Waals surface area contributed by atoms with Gasteiger partial charge >= 0.3 is 5.97 Å². The lowest BCUT2D eigenvalue weighted by molar-refractivity contribution is 0.0602. The van der Waals surface area contributed by atoms with Crippen LogP contribution in [-0.4, -0.2) is 18.1 Å². The molecule has 0 aliphatic carbocycles. The van der Waals surface area contributed by atoms with Crippen LogP contribution in [0.2, 0.25) is 0 Å². The zero-order chi connectivity index (χ0) is 25.6. The van der Waals surface area contributed by atoms with E-state index in [4.69, 9.17) is 10.5 Å². The Labute approximate surface area is 215 Å². The number of nitrogens with one attached hydrogen (secondary N) is 2. The van der Waals surface area contributed by atoms with Crippen molar-refractivity contribution >= 4 is 17.3 Å². The van der Waals surface area contributed by atoms with E-state index in [2.05, 4.69) is 69.7 Å². The number of methoxy groups -OCH3 is 1. The quantitative estimate of drug-likeness (QED) is 0.215. The average Bonchev–Trinajstić information content (AvgIpc) is 3.40. The minimum atomic E-state index is -0.429. The highest BCUT2D eigenvalue weighted by Gasteiger charge is 2.27. The van der Waals surface area contributed by atoms with Crippen molar-refractivity contribution in [1.82, 2.24) is 10.5 Å². The van der Waals surface area contributed by atoms with E-state index < -0.39 is 5.97 Å². The van der Waals surface area contributed by atoms with E-state index >= 15 is 0 Å². The number of carbonyl (C=O) groups excluding carboxylic acids is 1. The van der Waals surface area contributed by atoms with Crippen molar-refractivity contribution in [2.24, 2.45) is 10.3 Å². The van der Waals surface area contributed by atoms with Crippen molar-refractivity contribution in [2.75, 3.05) is 18.2 Å². The summed E-state index contributed by atoms with van der Waals surface area (Å²) in [5.41, 5.74) is 16.1. The lowest BCUT2D eigenvalue weighted by Gasteiger charge is -2.23. The Hall–Kier alpha value is -4.69. The summed E-state index contributed by atoms with van der Waals surface area (Å²) in [6.45, 7) is 1.18. The summed E-state index contributed by atoms with van der Waals surface area (Å²) in [5.74, 6) is -0.429. The van der Waals surface area contributed by atoms with Crippen molar-refractivity contribution < 1.29 is 9.53 Å². The van der Waals surface area contributed by atoms with Crippen LogP contribution in [0, 0.1) is 0 Å². The standard InChI is InChI=1S/C29H28N6O2/c1-37-29(36)25-12-7-13-26(30)27(25)31-18-20-14-16-22(17-15-20)23-10-5-6-11-24(23)28-32-33-34-35(28)19-21-8-3-2-4-9-21/h2-17,28,31H,18-19,30H2,1H3,(H,32,34). The molecule has 37 heavy (non-hydrogen) atoms. The molecule has 1 unspecified atom stereocenters. The zero-order valence-electron chi connectivity index (χ0n) is 20.5. The number of hydrogen-bond donors (Lipinski definition) is 3. The first-order valence-electron chi connectivity index (χ1n) is 12.0. The van der Waals surface area contributed by atoms with Crippen LogP contribution in [0.4, 0.5) is 11.4 Å². The molecule has 0 bridgehead atoms. The van der Waals surface area contributed by atoms with Crippen LogP contribution in [-0.2, 0) is 17.8 Å². The Morgan fingerprint density at radius 3 is 2.49 bits per heavy atom. The van der Waals surface area contributed by atoms with Crippen LogP contribution in [0.5, 0.6) is 0 Å². The third-order valence-electron chi connectivity index (χ3n) is 6.31. The maximum absolute atomic E-state index is 12.1. The van der Waals surface area contributed by atoms with Gasteiger partial charge in [-0.05, 0) is 34.4 Å². The van der Waals surface area contributed by atoms with E-state index in [1.807, 2.05) is 35.3 Å². The fraction of sp³-hybridized carbons (Fsp3) is 0.138. The van der Waals surface area contributed by atoms with Gasteiger partial charge < -0.3 is 15.8 Å². The molecule has 4 aromatic carbocycles. The zero-order valence-corrected chi connectivity index (χ0v) is 20.5. The first-order valence-corrected chi connectivity index (χ1v) is 12.0. The molecular weight excluding hydrogens is 464 g/mol. The Morgan fingerprint density at radius 2 is 1.70 bits per heavy atom. The van der Waals surface area contributed by atoms with Gasteiger partial charge in [0.25, 0.3) is 0 Å². The average molecular weight is 493 g/mol. The molecule has 1 aliphatic heterocycles. The summed E-state index contributed by atoms with van der Waals surface area (Å²) in [5, 5.41) is 13.9. The number of hydrazine groups is 1. The third kappa shape index (κ3) is 5.29. The van der Waals surface area contributed by atoms with Gasteiger partial charge in [0.2, 0.25) is 0 Å². The Balaban J connectivity index is 1.34. The predicted molar refractivity (Wildman–Crippen MR) is 144 cm³/mol. The highest BCUT2D eigenvalue weighted by Crippen LogP contribution is 2.34. The van der Waals surface area contributed by atoms with Crippen LogP contribution in [0.1, 0.15) is 33.2 Å². The van der Waals surface area contributed by atoms with Crippen LogP contribution in [0.25, 0.3) is 11.1 Å². The molecule has 0 amide bonds. The summed E-state index contributed by atoms with van der Waals surface area (Å²) in [7, 11) is 1.36. The molecule has 0 radical (unpaired) electrons. The second kappa shape index (κ2) is 10.9. The number of carbonyl (C=O) groups is 1. The summed E-state index contributed by atoms with van der Waals surface area (Å²) in [4.78, 5) is 12.1. The Morgan fingerprint density at radius 1 is 0.946 bits per heavy atom. The number of hydrogen-bond acceptors (Lipinski definition) is 8. The number of nitrogens with two attached hydrogens (primary N) is 1. The second-order valence-corrected chi connectivity index (χ2v) is 8.70. The van der Waals surface area contributed by atoms with E-state index in [0.717, 1.165) is 22.3 Å². The molecule has 0 saturated heterocycles. The molecular formula is C29H28N6O2. The van der Waals surface area contributed by atoms with Crippen molar-refractivity contribution in [3.8, 4) is 11.1 Å². The number of anilines is 2. The molecule has 0 saturated carbocycles. The molecule has 1 aliphatic rings. The van der Waals surface area contributed by atoms with Crippen LogP contribution in [0.15, 0.2) is 107 Å². The van der Waals surface area contributed by atoms with Crippen LogP contribution in [0.3, 0.4) is 0 Å². The predicted octanol–water partition coefficient (Wildman–Crippen LogP) is 5.72. The van der Waals surface area contributed by atoms with E-state index in [0.29, 0.717) is 30.0 Å². The molecule has 4 N–H and O–H groups in total. The van der Waals surface area contributed by atoms with Crippen LogP contribution >= 0.6 is 0 Å². The van der Waals surface area contributed by atoms with Gasteiger partial charge in [0.15, 0.2) is 6.17 Å². The number of benzene rings is 4. The monoisotopic (exact) mass is 492 g/mol. The summed E-state index contributed by atoms with van der Waals surface area (Å²) >= 11 is 0. The van der Waals surface area contributed by atoms with E-state index in [9.17, 15) is 4.79 Å². The molecule has 0 aromatic heterocycles. The summed E-state index contributed by atoms with van der Waals surface area (Å²) < 4.78 is 4.89. The molecule has 0 fully saturated rings. The highest BCUT2D eigenvalue weighted by molar-refractivity contribution is 5.98. The number of rotatable bonds is 8. The van der Waals surface area contributed by atoms with E-state index in [1.54, 1.807) is 18.2 Å². The maximum atomic E-state index is 12.1. The Bertz CT molecular complexity index is 1410. The Kier molecular flexibility index (Phi) is 7.09. The topological polar surface area (TPSA) is 104 Å². The summed E-state index contributed by atoms with van der Waals surface area (Å²) in [6, 6.07) is 32.0. The third-order valence-corrected chi connectivity index (χ3v) is 6.31. The van der Waals surface area contributed by atoms with E-state index in [-0.39, 0.29) is 6.17 Å². The van der Waals surface area contributed by atoms with Crippen molar-refractivity contribution in [1.29, 1.82) is 0 Å². The largest absolute Gasteiger partial charge is 0.465 e. The molecule has 1 heterocycles. The van der Waals surface area contributed by atoms with Gasteiger partial charge in [-0.3, -0.25) is 0 Å². The van der Waals surface area contributed by atoms with Gasteiger partial charge in [-0.15, -0.1) is 5.11 Å². The number of para-hydroxylation sites is 1. The maximum Gasteiger partial charge on any atom is 0.340 e. The molecule has 8 heteroatoms. The molecule has 186 valence electrons. The van der Waals surface area contributed by atoms with Gasteiger partial charge in [-0.25, -0.2) is 10.3 Å². The van der Waals surface area contributed by atoms with Crippen LogP contribution < -0.4 is 16.6 Å². The summed E-state index contributed by atoms with van der Waals surface area (Å²) in [6.07, 6.45) is -0.240. The molecule has 5 rings (SSSR count). The van der Waals surface area contributed by atoms with E-state index in [1.165, 1.54) is 12.7 Å². The SMILES string of the molecule is COC(=O)c1cccc(N)c1NCc1ccc(-c2ccccc2C2N=NNN2Cc2ccccc2)cc1. The fourth-order valence-electron chi connectivity index (χ4n) is 4.41.